The number of nitrogens with one attached hydrogen (secondary N) is 2. The highest BCUT2D eigenvalue weighted by atomic mass is 32.1. The monoisotopic (exact) mass is 271 g/mol. The minimum atomic E-state index is -1.24. The zero-order valence-corrected chi connectivity index (χ0v) is 10.7. The van der Waals surface area contributed by atoms with Gasteiger partial charge in [0.05, 0.1) is 5.97 Å². The van der Waals surface area contributed by atoms with Crippen molar-refractivity contribution >= 4 is 34.7 Å². The normalized spacial score (nSPS) is 9.68. The Morgan fingerprint density at radius 3 is 2.26 bits per heavy atom. The van der Waals surface area contributed by atoms with E-state index in [0.717, 1.165) is 5.69 Å². The first-order chi connectivity index (χ1) is 9.16. The third kappa shape index (κ3) is 3.53. The van der Waals surface area contributed by atoms with Crippen LogP contribution in [0.25, 0.3) is 0 Å². The number of carbonyl (C=O) groups is 1. The molecule has 0 heterocycles. The molecule has 5 heteroatoms. The van der Waals surface area contributed by atoms with Crippen molar-refractivity contribution in [3.63, 3.8) is 0 Å². The van der Waals surface area contributed by atoms with Crippen LogP contribution in [0.3, 0.4) is 0 Å². The standard InChI is InChI=1S/C14H12N2O2S/c17-13(18)11-8-4-5-9-12(11)16-14(19)15-10-6-2-1-3-7-10/h1-9H,(H,17,18)(H2,15,16,19)/p-1. The smallest absolute Gasteiger partial charge is 0.175 e. The number of carboxylic acids is 1. The Balaban J connectivity index is 2.09. The Hall–Kier alpha value is -2.40. The number of rotatable bonds is 3. The van der Waals surface area contributed by atoms with Crippen LogP contribution in [0.5, 0.6) is 0 Å². The number of thiocarbonyl (C=S) groups is 1. The maximum absolute atomic E-state index is 10.9. The fourth-order valence-electron chi connectivity index (χ4n) is 1.58. The Labute approximate surface area is 116 Å². The number of carbonyl (C=O) groups excluding carboxylic acids is 1. The summed E-state index contributed by atoms with van der Waals surface area (Å²) in [6.07, 6.45) is 0. The van der Waals surface area contributed by atoms with Gasteiger partial charge in [-0.2, -0.15) is 0 Å². The first-order valence-electron chi connectivity index (χ1n) is 5.60. The summed E-state index contributed by atoms with van der Waals surface area (Å²) < 4.78 is 0. The molecule has 0 saturated heterocycles. The Kier molecular flexibility index (Phi) is 4.10. The molecule has 2 N–H and O–H groups in total. The molecule has 2 aromatic rings. The maximum Gasteiger partial charge on any atom is 0.175 e. The second-order valence-electron chi connectivity index (χ2n) is 3.78. The van der Waals surface area contributed by atoms with Crippen molar-refractivity contribution in [2.24, 2.45) is 0 Å². The summed E-state index contributed by atoms with van der Waals surface area (Å²) in [5, 5.41) is 17.1. The van der Waals surface area contributed by atoms with E-state index < -0.39 is 5.97 Å². The lowest BCUT2D eigenvalue weighted by atomic mass is 10.2. The van der Waals surface area contributed by atoms with Crippen LogP contribution in [-0.2, 0) is 0 Å². The number of hydrogen-bond donors (Lipinski definition) is 2. The lowest BCUT2D eigenvalue weighted by molar-refractivity contribution is -0.254. The fourth-order valence-corrected chi connectivity index (χ4v) is 1.80. The minimum absolute atomic E-state index is 0.0692. The van der Waals surface area contributed by atoms with E-state index in [1.807, 2.05) is 30.3 Å². The van der Waals surface area contributed by atoms with Crippen LogP contribution < -0.4 is 15.7 Å². The van der Waals surface area contributed by atoms with E-state index in [1.165, 1.54) is 6.07 Å². The predicted octanol–water partition coefficient (Wildman–Crippen LogP) is 1.86. The van der Waals surface area contributed by atoms with Gasteiger partial charge in [0.15, 0.2) is 5.11 Å². The van der Waals surface area contributed by atoms with Crippen molar-refractivity contribution in [3.05, 3.63) is 60.2 Å². The highest BCUT2D eigenvalue weighted by Crippen LogP contribution is 2.15. The molecule has 0 aliphatic heterocycles. The third-order valence-electron chi connectivity index (χ3n) is 2.43. The quantitative estimate of drug-likeness (QED) is 0.834. The highest BCUT2D eigenvalue weighted by molar-refractivity contribution is 7.80. The molecule has 0 bridgehead atoms. The van der Waals surface area contributed by atoms with Crippen molar-refractivity contribution in [1.29, 1.82) is 0 Å². The molecule has 0 aliphatic rings. The minimum Gasteiger partial charge on any atom is -0.545 e. The molecule has 19 heavy (non-hydrogen) atoms. The first kappa shape index (κ1) is 13.0. The molecular weight excluding hydrogens is 260 g/mol. The summed E-state index contributed by atoms with van der Waals surface area (Å²) in [6, 6.07) is 15.8. The van der Waals surface area contributed by atoms with E-state index in [9.17, 15) is 9.90 Å². The van der Waals surface area contributed by atoms with E-state index in [0.29, 0.717) is 10.8 Å². The Bertz CT molecular complexity index is 599. The number of anilines is 2. The van der Waals surface area contributed by atoms with Gasteiger partial charge in [-0.05, 0) is 30.4 Å². The Morgan fingerprint density at radius 1 is 0.947 bits per heavy atom. The average Bonchev–Trinajstić information content (AvgIpc) is 2.40. The summed E-state index contributed by atoms with van der Waals surface area (Å²) in [5.74, 6) is -1.24. The van der Waals surface area contributed by atoms with Crippen molar-refractivity contribution in [1.82, 2.24) is 0 Å². The van der Waals surface area contributed by atoms with Gasteiger partial charge in [-0.1, -0.05) is 36.4 Å². The van der Waals surface area contributed by atoms with Gasteiger partial charge in [0.1, 0.15) is 0 Å². The van der Waals surface area contributed by atoms with Gasteiger partial charge in [0.25, 0.3) is 0 Å². The van der Waals surface area contributed by atoms with Crippen molar-refractivity contribution in [2.45, 2.75) is 0 Å². The van der Waals surface area contributed by atoms with Gasteiger partial charge >= 0.3 is 0 Å². The van der Waals surface area contributed by atoms with Crippen LogP contribution in [0.4, 0.5) is 11.4 Å². The summed E-state index contributed by atoms with van der Waals surface area (Å²) >= 11 is 5.13. The van der Waals surface area contributed by atoms with Crippen molar-refractivity contribution in [2.75, 3.05) is 10.6 Å². The maximum atomic E-state index is 10.9. The van der Waals surface area contributed by atoms with Crippen LogP contribution in [0.1, 0.15) is 10.4 Å². The topological polar surface area (TPSA) is 64.2 Å². The van der Waals surface area contributed by atoms with Crippen molar-refractivity contribution in [3.8, 4) is 0 Å². The van der Waals surface area contributed by atoms with Crippen LogP contribution in [0, 0.1) is 0 Å². The molecule has 2 aromatic carbocycles. The predicted molar refractivity (Wildman–Crippen MR) is 77.1 cm³/mol. The second kappa shape index (κ2) is 5.97. The van der Waals surface area contributed by atoms with Gasteiger partial charge in [0.2, 0.25) is 0 Å². The summed E-state index contributed by atoms with van der Waals surface area (Å²) in [5.41, 5.74) is 1.29. The number of hydrogen-bond acceptors (Lipinski definition) is 3. The second-order valence-corrected chi connectivity index (χ2v) is 4.19. The number of aromatic carboxylic acids is 1. The molecule has 0 spiro atoms. The largest absolute Gasteiger partial charge is 0.545 e. The molecule has 4 nitrogen and oxygen atoms in total. The van der Waals surface area contributed by atoms with Crippen LogP contribution in [-0.4, -0.2) is 11.1 Å². The zero-order valence-electron chi connectivity index (χ0n) is 9.92. The molecule has 0 amide bonds. The van der Waals surface area contributed by atoms with Gasteiger partial charge in [-0.3, -0.25) is 0 Å². The lowest BCUT2D eigenvalue weighted by Gasteiger charge is -2.14. The molecule has 0 aliphatic carbocycles. The number of para-hydroxylation sites is 2. The first-order valence-corrected chi connectivity index (χ1v) is 6.01. The van der Waals surface area contributed by atoms with Gasteiger partial charge in [-0.15, -0.1) is 0 Å². The average molecular weight is 271 g/mol. The van der Waals surface area contributed by atoms with Gasteiger partial charge < -0.3 is 20.5 Å². The van der Waals surface area contributed by atoms with E-state index >= 15 is 0 Å². The molecule has 0 fully saturated rings. The van der Waals surface area contributed by atoms with Crippen molar-refractivity contribution < 1.29 is 9.90 Å². The molecule has 0 saturated carbocycles. The zero-order chi connectivity index (χ0) is 13.7. The van der Waals surface area contributed by atoms with E-state index in [4.69, 9.17) is 12.2 Å². The lowest BCUT2D eigenvalue weighted by Crippen LogP contribution is -2.26. The van der Waals surface area contributed by atoms with E-state index in [2.05, 4.69) is 10.6 Å². The van der Waals surface area contributed by atoms with Gasteiger partial charge in [0, 0.05) is 16.9 Å². The van der Waals surface area contributed by atoms with Gasteiger partial charge in [-0.25, -0.2) is 0 Å². The highest BCUT2D eigenvalue weighted by Gasteiger charge is 2.04. The number of benzene rings is 2. The fraction of sp³-hybridized carbons (Fsp3) is 0. The summed E-state index contributed by atoms with van der Waals surface area (Å²) in [7, 11) is 0. The summed E-state index contributed by atoms with van der Waals surface area (Å²) in [6.45, 7) is 0. The molecule has 0 aromatic heterocycles. The number of carboxylic acid groups (broad SMARTS) is 1. The molecular formula is C14H11N2O2S-. The van der Waals surface area contributed by atoms with Crippen LogP contribution in [0.15, 0.2) is 54.6 Å². The third-order valence-corrected chi connectivity index (χ3v) is 2.63. The molecule has 2 rings (SSSR count). The Morgan fingerprint density at radius 2 is 1.58 bits per heavy atom. The summed E-state index contributed by atoms with van der Waals surface area (Å²) in [4.78, 5) is 10.9. The molecule has 96 valence electrons. The van der Waals surface area contributed by atoms with E-state index in [-0.39, 0.29) is 5.56 Å². The molecule has 0 unspecified atom stereocenters. The SMILES string of the molecule is O=C([O-])c1ccccc1NC(=S)Nc1ccccc1. The molecule has 0 radical (unpaired) electrons. The van der Waals surface area contributed by atoms with E-state index in [1.54, 1.807) is 18.2 Å². The van der Waals surface area contributed by atoms with Crippen LogP contribution >= 0.6 is 12.2 Å². The molecule has 0 atom stereocenters. The van der Waals surface area contributed by atoms with Crippen LogP contribution in [0.2, 0.25) is 0 Å².